The van der Waals surface area contributed by atoms with Gasteiger partial charge in [0.05, 0.1) is 23.7 Å². The first kappa shape index (κ1) is 13.8. The number of rotatable bonds is 3. The fourth-order valence-corrected chi connectivity index (χ4v) is 4.31. The molecule has 1 heterocycles. The summed E-state index contributed by atoms with van der Waals surface area (Å²) >= 11 is 3.41. The summed E-state index contributed by atoms with van der Waals surface area (Å²) in [6, 6.07) is 5.39. The predicted octanol–water partition coefficient (Wildman–Crippen LogP) is 1.58. The van der Waals surface area contributed by atoms with Gasteiger partial charge < -0.3 is 10.4 Å². The van der Waals surface area contributed by atoms with Crippen LogP contribution in [0.2, 0.25) is 0 Å². The Balaban J connectivity index is 2.20. The lowest BCUT2D eigenvalue weighted by atomic mass is 10.1. The maximum Gasteiger partial charge on any atom is 0.155 e. The van der Waals surface area contributed by atoms with E-state index in [9.17, 15) is 13.5 Å². The molecular formula is C12H16BrNO3S. The number of aryl methyl sites for hydroxylation is 1. The summed E-state index contributed by atoms with van der Waals surface area (Å²) in [5, 5.41) is 12.9. The molecule has 1 aliphatic heterocycles. The van der Waals surface area contributed by atoms with Gasteiger partial charge in [0, 0.05) is 10.2 Å². The van der Waals surface area contributed by atoms with Crippen LogP contribution in [0.5, 0.6) is 0 Å². The molecule has 0 bridgehead atoms. The van der Waals surface area contributed by atoms with Crippen molar-refractivity contribution in [3.63, 3.8) is 0 Å². The molecule has 0 aliphatic carbocycles. The van der Waals surface area contributed by atoms with E-state index < -0.39 is 22.0 Å². The van der Waals surface area contributed by atoms with E-state index in [0.717, 1.165) is 22.1 Å². The lowest BCUT2D eigenvalue weighted by molar-refractivity contribution is 0.190. The highest BCUT2D eigenvalue weighted by atomic mass is 79.9. The number of aliphatic hydroxyl groups excluding tert-OH is 1. The third kappa shape index (κ3) is 3.05. The molecule has 6 heteroatoms. The molecule has 2 rings (SSSR count). The van der Waals surface area contributed by atoms with E-state index >= 15 is 0 Å². The molecule has 0 spiro atoms. The van der Waals surface area contributed by atoms with Crippen LogP contribution < -0.4 is 5.32 Å². The predicted molar refractivity (Wildman–Crippen MR) is 75.6 cm³/mol. The number of hydrogen-bond donors (Lipinski definition) is 2. The summed E-state index contributed by atoms with van der Waals surface area (Å²) in [5.41, 5.74) is 1.99. The Morgan fingerprint density at radius 1 is 1.44 bits per heavy atom. The Kier molecular flexibility index (Phi) is 3.99. The van der Waals surface area contributed by atoms with Gasteiger partial charge in [-0.15, -0.1) is 0 Å². The molecule has 0 aromatic heterocycles. The Labute approximate surface area is 115 Å². The Morgan fingerprint density at radius 2 is 2.17 bits per heavy atom. The van der Waals surface area contributed by atoms with Gasteiger partial charge in [0.1, 0.15) is 0 Å². The molecule has 2 unspecified atom stereocenters. The number of nitrogens with one attached hydrogen (secondary N) is 1. The summed E-state index contributed by atoms with van der Waals surface area (Å²) in [4.78, 5) is 0. The zero-order valence-electron chi connectivity index (χ0n) is 10.1. The molecule has 2 N–H and O–H groups in total. The molecule has 18 heavy (non-hydrogen) atoms. The summed E-state index contributed by atoms with van der Waals surface area (Å²) < 4.78 is 23.9. The van der Waals surface area contributed by atoms with Crippen LogP contribution in [0, 0.1) is 0 Å². The van der Waals surface area contributed by atoms with Gasteiger partial charge in [-0.25, -0.2) is 8.42 Å². The van der Waals surface area contributed by atoms with Crippen LogP contribution in [0.1, 0.15) is 12.5 Å². The minimum Gasteiger partial charge on any atom is -0.390 e. The van der Waals surface area contributed by atoms with E-state index in [1.165, 1.54) is 0 Å². The molecule has 1 aliphatic rings. The first-order chi connectivity index (χ1) is 8.41. The molecule has 0 saturated carbocycles. The summed E-state index contributed by atoms with van der Waals surface area (Å²) in [6.45, 7) is 2.04. The van der Waals surface area contributed by atoms with Gasteiger partial charge in [0.2, 0.25) is 0 Å². The van der Waals surface area contributed by atoms with Crippen LogP contribution in [-0.4, -0.2) is 37.2 Å². The highest BCUT2D eigenvalue weighted by molar-refractivity contribution is 9.10. The molecule has 1 fully saturated rings. The number of benzene rings is 1. The smallest absolute Gasteiger partial charge is 0.155 e. The topological polar surface area (TPSA) is 66.4 Å². The van der Waals surface area contributed by atoms with Gasteiger partial charge in [0.15, 0.2) is 9.84 Å². The summed E-state index contributed by atoms with van der Waals surface area (Å²) in [6.07, 6.45) is 0.0144. The maximum atomic E-state index is 11.4. The largest absolute Gasteiger partial charge is 0.390 e. The first-order valence-corrected chi connectivity index (χ1v) is 8.46. The fraction of sp³-hybridized carbons (Fsp3) is 0.500. The highest BCUT2D eigenvalue weighted by Gasteiger charge is 2.36. The molecule has 100 valence electrons. The average Bonchev–Trinajstić information content (AvgIpc) is 2.54. The third-order valence-electron chi connectivity index (χ3n) is 3.11. The molecule has 0 radical (unpaired) electrons. The van der Waals surface area contributed by atoms with E-state index in [1.807, 2.05) is 25.1 Å². The monoisotopic (exact) mass is 333 g/mol. The number of aliphatic hydroxyl groups is 1. The molecule has 1 aromatic rings. The van der Waals surface area contributed by atoms with Crippen molar-refractivity contribution < 1.29 is 13.5 Å². The standard InChI is InChI=1S/C12H16BrNO3S/c1-2-8-5-9(13)3-4-10(8)14-11-6-18(16,17)7-12(11)15/h3-5,11-12,14-15H,2,6-7H2,1H3. The van der Waals surface area contributed by atoms with Gasteiger partial charge >= 0.3 is 0 Å². The number of halogens is 1. The van der Waals surface area contributed by atoms with E-state index in [2.05, 4.69) is 21.2 Å². The lowest BCUT2D eigenvalue weighted by Crippen LogP contribution is -2.32. The highest BCUT2D eigenvalue weighted by Crippen LogP contribution is 2.24. The number of sulfone groups is 1. The van der Waals surface area contributed by atoms with Gasteiger partial charge in [-0.1, -0.05) is 22.9 Å². The van der Waals surface area contributed by atoms with Crippen molar-refractivity contribution in [1.82, 2.24) is 0 Å². The fourth-order valence-electron chi connectivity index (χ4n) is 2.16. The summed E-state index contributed by atoms with van der Waals surface area (Å²) in [7, 11) is -3.11. The summed E-state index contributed by atoms with van der Waals surface area (Å²) in [5.74, 6) is -0.157. The SMILES string of the molecule is CCc1cc(Br)ccc1NC1CS(=O)(=O)CC1O. The molecular weight excluding hydrogens is 318 g/mol. The van der Waals surface area contributed by atoms with E-state index in [4.69, 9.17) is 0 Å². The van der Waals surface area contributed by atoms with Crippen molar-refractivity contribution in [2.75, 3.05) is 16.8 Å². The number of hydrogen-bond acceptors (Lipinski definition) is 4. The van der Waals surface area contributed by atoms with Crippen LogP contribution in [0.15, 0.2) is 22.7 Å². The van der Waals surface area contributed by atoms with Crippen LogP contribution in [-0.2, 0) is 16.3 Å². The van der Waals surface area contributed by atoms with Crippen molar-refractivity contribution in [3.8, 4) is 0 Å². The van der Waals surface area contributed by atoms with E-state index in [0.29, 0.717) is 0 Å². The maximum absolute atomic E-state index is 11.4. The van der Waals surface area contributed by atoms with Gasteiger partial charge in [-0.3, -0.25) is 0 Å². The minimum atomic E-state index is -3.11. The van der Waals surface area contributed by atoms with Crippen molar-refractivity contribution in [3.05, 3.63) is 28.2 Å². The quantitative estimate of drug-likeness (QED) is 0.881. The van der Waals surface area contributed by atoms with Crippen molar-refractivity contribution in [2.24, 2.45) is 0 Å². The molecule has 0 amide bonds. The second kappa shape index (κ2) is 5.19. The van der Waals surface area contributed by atoms with Crippen LogP contribution in [0.25, 0.3) is 0 Å². The zero-order valence-corrected chi connectivity index (χ0v) is 12.5. The van der Waals surface area contributed by atoms with Crippen molar-refractivity contribution in [1.29, 1.82) is 0 Å². The molecule has 4 nitrogen and oxygen atoms in total. The molecule has 1 saturated heterocycles. The Hall–Kier alpha value is -0.590. The first-order valence-electron chi connectivity index (χ1n) is 5.85. The second-order valence-corrected chi connectivity index (χ2v) is 7.62. The van der Waals surface area contributed by atoms with Crippen LogP contribution in [0.3, 0.4) is 0 Å². The van der Waals surface area contributed by atoms with Crippen molar-refractivity contribution >= 4 is 31.5 Å². The Morgan fingerprint density at radius 3 is 2.72 bits per heavy atom. The van der Waals surface area contributed by atoms with E-state index in [-0.39, 0.29) is 11.5 Å². The molecule has 1 aromatic carbocycles. The van der Waals surface area contributed by atoms with Crippen molar-refractivity contribution in [2.45, 2.75) is 25.5 Å². The van der Waals surface area contributed by atoms with Crippen LogP contribution >= 0.6 is 15.9 Å². The third-order valence-corrected chi connectivity index (χ3v) is 5.32. The normalized spacial score (nSPS) is 26.2. The average molecular weight is 334 g/mol. The molecule has 2 atom stereocenters. The number of anilines is 1. The van der Waals surface area contributed by atoms with Gasteiger partial charge in [0.25, 0.3) is 0 Å². The van der Waals surface area contributed by atoms with E-state index in [1.54, 1.807) is 0 Å². The second-order valence-electron chi connectivity index (χ2n) is 4.55. The zero-order chi connectivity index (χ0) is 13.3. The Bertz CT molecular complexity index is 544. The lowest BCUT2D eigenvalue weighted by Gasteiger charge is -2.19. The van der Waals surface area contributed by atoms with Gasteiger partial charge in [-0.2, -0.15) is 0 Å². The van der Waals surface area contributed by atoms with Crippen LogP contribution in [0.4, 0.5) is 5.69 Å². The minimum absolute atomic E-state index is 0.00656. The van der Waals surface area contributed by atoms with Gasteiger partial charge in [-0.05, 0) is 30.2 Å².